The summed E-state index contributed by atoms with van der Waals surface area (Å²) >= 11 is 0. The van der Waals surface area contributed by atoms with E-state index in [0.717, 1.165) is 31.8 Å². The van der Waals surface area contributed by atoms with Crippen molar-refractivity contribution in [2.75, 3.05) is 27.7 Å². The maximum absolute atomic E-state index is 4.81. The topological polar surface area (TPSA) is 57.5 Å². The minimum Gasteiger partial charge on any atom is -0.355 e. The zero-order valence-corrected chi connectivity index (χ0v) is 21.3. The number of nitrogens with one attached hydrogen (secondary N) is 2. The van der Waals surface area contributed by atoms with Crippen LogP contribution in [0, 0.1) is 0 Å². The summed E-state index contributed by atoms with van der Waals surface area (Å²) in [5.41, 5.74) is 2.91. The second-order valence-corrected chi connectivity index (χ2v) is 9.22. The van der Waals surface area contributed by atoms with Crippen LogP contribution in [0.2, 0.25) is 0 Å². The summed E-state index contributed by atoms with van der Waals surface area (Å²) in [5.74, 6) is 0.933. The maximum Gasteiger partial charge on any atom is 0.191 e. The summed E-state index contributed by atoms with van der Waals surface area (Å²) in [6.07, 6.45) is 13.4. The number of likely N-dealkylation sites (N-methyl/N-ethyl adjacent to an activating group) is 1. The number of rotatable bonds is 5. The lowest BCUT2D eigenvalue weighted by Gasteiger charge is -2.40. The summed E-state index contributed by atoms with van der Waals surface area (Å²) in [6, 6.07) is 0.826. The molecule has 1 aromatic heterocycles. The van der Waals surface area contributed by atoms with Crippen LogP contribution in [-0.2, 0) is 12.8 Å². The Labute approximate surface area is 194 Å². The van der Waals surface area contributed by atoms with Crippen molar-refractivity contribution in [2.24, 2.45) is 4.99 Å². The first kappa shape index (κ1) is 24.4. The van der Waals surface area contributed by atoms with Crippen molar-refractivity contribution in [1.29, 1.82) is 0 Å². The van der Waals surface area contributed by atoms with Gasteiger partial charge in [0.15, 0.2) is 5.96 Å². The van der Waals surface area contributed by atoms with E-state index in [1.807, 2.05) is 7.05 Å². The predicted octanol–water partition coefficient (Wildman–Crippen LogP) is 3.76. The number of aliphatic imine (C=N–C) groups is 1. The second kappa shape index (κ2) is 11.0. The number of guanidine groups is 1. The van der Waals surface area contributed by atoms with Crippen LogP contribution in [0.15, 0.2) is 11.2 Å². The quantitative estimate of drug-likeness (QED) is 0.271. The molecule has 0 amide bonds. The molecule has 3 rings (SSSR count). The highest BCUT2D eigenvalue weighted by Crippen LogP contribution is 2.30. The number of halogens is 1. The van der Waals surface area contributed by atoms with E-state index in [9.17, 15) is 0 Å². The first-order chi connectivity index (χ1) is 13.4. The van der Waals surface area contributed by atoms with Gasteiger partial charge in [-0.15, -0.1) is 24.0 Å². The lowest BCUT2D eigenvalue weighted by molar-refractivity contribution is 0.132. The van der Waals surface area contributed by atoms with Gasteiger partial charge < -0.3 is 15.5 Å². The van der Waals surface area contributed by atoms with Gasteiger partial charge in [-0.1, -0.05) is 25.7 Å². The molecular formula is C22H41IN6. The Morgan fingerprint density at radius 3 is 2.55 bits per heavy atom. The third-order valence-electron chi connectivity index (χ3n) is 6.76. The van der Waals surface area contributed by atoms with E-state index >= 15 is 0 Å². The van der Waals surface area contributed by atoms with Crippen LogP contribution in [0.5, 0.6) is 0 Å². The van der Waals surface area contributed by atoms with Crippen LogP contribution >= 0.6 is 24.0 Å². The summed E-state index contributed by atoms with van der Waals surface area (Å²) in [4.78, 5) is 6.95. The van der Waals surface area contributed by atoms with E-state index in [-0.39, 0.29) is 29.5 Å². The van der Waals surface area contributed by atoms with E-state index in [2.05, 4.69) is 59.3 Å². The molecule has 1 heterocycles. The molecule has 0 saturated heterocycles. The second-order valence-electron chi connectivity index (χ2n) is 9.22. The summed E-state index contributed by atoms with van der Waals surface area (Å²) < 4.78 is 2.10. The van der Waals surface area contributed by atoms with Crippen LogP contribution in [0.4, 0.5) is 0 Å². The molecule has 0 bridgehead atoms. The average molecular weight is 517 g/mol. The molecule has 7 heteroatoms. The van der Waals surface area contributed by atoms with Crippen molar-refractivity contribution in [3.8, 4) is 0 Å². The minimum atomic E-state index is 0. The number of aromatic nitrogens is 2. The highest BCUT2D eigenvalue weighted by molar-refractivity contribution is 14.0. The zero-order valence-electron chi connectivity index (χ0n) is 19.0. The lowest BCUT2D eigenvalue weighted by Crippen LogP contribution is -2.55. The van der Waals surface area contributed by atoms with Gasteiger partial charge in [0.1, 0.15) is 0 Å². The summed E-state index contributed by atoms with van der Waals surface area (Å²) in [7, 11) is 6.35. The maximum atomic E-state index is 4.81. The Bertz CT molecular complexity index is 658. The average Bonchev–Trinajstić information content (AvgIpc) is 2.95. The molecule has 6 nitrogen and oxygen atoms in total. The van der Waals surface area contributed by atoms with Gasteiger partial charge in [0.25, 0.3) is 0 Å². The number of fused-ring (bicyclic) bond motifs is 1. The van der Waals surface area contributed by atoms with Crippen LogP contribution in [-0.4, -0.2) is 59.9 Å². The SMILES string of the molecule is CN=C(NCC1(N(C)C)CCCCCC1)NC1CCc2cn(C(C)C)nc2C1.I. The Morgan fingerprint density at radius 2 is 1.97 bits per heavy atom. The zero-order chi connectivity index (χ0) is 20.1. The largest absolute Gasteiger partial charge is 0.355 e. The third kappa shape index (κ3) is 6.09. The molecule has 2 aliphatic rings. The fourth-order valence-corrected chi connectivity index (χ4v) is 4.71. The molecule has 1 unspecified atom stereocenters. The third-order valence-corrected chi connectivity index (χ3v) is 6.76. The molecule has 0 aliphatic heterocycles. The van der Waals surface area contributed by atoms with Gasteiger partial charge in [-0.2, -0.15) is 5.10 Å². The van der Waals surface area contributed by atoms with Gasteiger partial charge in [-0.3, -0.25) is 9.67 Å². The Kier molecular flexibility index (Phi) is 9.25. The van der Waals surface area contributed by atoms with E-state index < -0.39 is 0 Å². The highest BCUT2D eigenvalue weighted by atomic mass is 127. The van der Waals surface area contributed by atoms with Crippen molar-refractivity contribution in [3.05, 3.63) is 17.5 Å². The van der Waals surface area contributed by atoms with Crippen molar-refractivity contribution in [3.63, 3.8) is 0 Å². The first-order valence-corrected chi connectivity index (χ1v) is 11.1. The smallest absolute Gasteiger partial charge is 0.191 e. The van der Waals surface area contributed by atoms with Crippen molar-refractivity contribution >= 4 is 29.9 Å². The van der Waals surface area contributed by atoms with E-state index in [1.54, 1.807) is 0 Å². The summed E-state index contributed by atoms with van der Waals surface area (Å²) in [6.45, 7) is 5.34. The van der Waals surface area contributed by atoms with Gasteiger partial charge in [0.05, 0.1) is 5.69 Å². The molecule has 0 radical (unpaired) electrons. The number of aryl methyl sites for hydroxylation is 1. The van der Waals surface area contributed by atoms with Crippen LogP contribution in [0.3, 0.4) is 0 Å². The van der Waals surface area contributed by atoms with Crippen molar-refractivity contribution < 1.29 is 0 Å². The van der Waals surface area contributed by atoms with Crippen molar-refractivity contribution in [2.45, 2.75) is 89.3 Å². The van der Waals surface area contributed by atoms with Crippen LogP contribution < -0.4 is 10.6 Å². The number of hydrogen-bond acceptors (Lipinski definition) is 3. The Hall–Kier alpha value is -0.830. The number of hydrogen-bond donors (Lipinski definition) is 2. The van der Waals surface area contributed by atoms with E-state index in [4.69, 9.17) is 5.10 Å². The Balaban J connectivity index is 0.00000300. The fourth-order valence-electron chi connectivity index (χ4n) is 4.71. The van der Waals surface area contributed by atoms with E-state index in [0.29, 0.717) is 12.1 Å². The molecule has 1 aromatic rings. The van der Waals surface area contributed by atoms with Crippen molar-refractivity contribution in [1.82, 2.24) is 25.3 Å². The molecule has 1 saturated carbocycles. The molecule has 0 spiro atoms. The van der Waals surface area contributed by atoms with Gasteiger partial charge in [-0.05, 0) is 59.2 Å². The highest BCUT2D eigenvalue weighted by Gasteiger charge is 2.33. The van der Waals surface area contributed by atoms with E-state index in [1.165, 1.54) is 49.8 Å². The van der Waals surface area contributed by atoms with Crippen LogP contribution in [0.1, 0.15) is 76.1 Å². The predicted molar refractivity (Wildman–Crippen MR) is 132 cm³/mol. The van der Waals surface area contributed by atoms with Crippen LogP contribution in [0.25, 0.3) is 0 Å². The van der Waals surface area contributed by atoms with Gasteiger partial charge in [0, 0.05) is 43.8 Å². The first-order valence-electron chi connectivity index (χ1n) is 11.1. The van der Waals surface area contributed by atoms with Gasteiger partial charge in [-0.25, -0.2) is 0 Å². The standard InChI is InChI=1S/C22H40N6.HI/c1-17(2)28-15-18-10-11-19(14-20(18)26-28)25-21(23-3)24-16-22(27(4)5)12-8-6-7-9-13-22;/h15,17,19H,6-14,16H2,1-5H3,(H2,23,24,25);1H. The molecule has 1 atom stereocenters. The fraction of sp³-hybridized carbons (Fsp3) is 0.818. The summed E-state index contributed by atoms with van der Waals surface area (Å²) in [5, 5.41) is 12.1. The molecule has 0 aromatic carbocycles. The minimum absolute atomic E-state index is 0. The molecule has 2 aliphatic carbocycles. The lowest BCUT2D eigenvalue weighted by atomic mass is 9.88. The molecule has 29 heavy (non-hydrogen) atoms. The Morgan fingerprint density at radius 1 is 1.28 bits per heavy atom. The normalized spacial score (nSPS) is 22.0. The molecule has 2 N–H and O–H groups in total. The van der Waals surface area contributed by atoms with Gasteiger partial charge in [0.2, 0.25) is 0 Å². The van der Waals surface area contributed by atoms with Gasteiger partial charge >= 0.3 is 0 Å². The monoisotopic (exact) mass is 516 g/mol. The molecule has 166 valence electrons. The molecular weight excluding hydrogens is 475 g/mol. The number of nitrogens with zero attached hydrogens (tertiary/aromatic N) is 4. The molecule has 1 fully saturated rings.